The lowest BCUT2D eigenvalue weighted by molar-refractivity contribution is -0.120. The Hall–Kier alpha value is -2.21. The third-order valence-electron chi connectivity index (χ3n) is 4.50. The third-order valence-corrected chi connectivity index (χ3v) is 4.73. The summed E-state index contributed by atoms with van der Waals surface area (Å²) in [5, 5.41) is 4.44. The molecule has 1 aliphatic carbocycles. The summed E-state index contributed by atoms with van der Waals surface area (Å²) in [6, 6.07) is 5.89. The number of ether oxygens (including phenoxy) is 1. The van der Waals surface area contributed by atoms with Crippen molar-refractivity contribution in [1.29, 1.82) is 0 Å². The molecule has 1 unspecified atom stereocenters. The standard InChI is InChI=1S/C17H18ClN3O3/c18-11-1-4-15-14(6-11)10(7-19-15)5-16(22)20-8-13-9-21(12-2-3-12)17(23)24-13/h1,4,6-7,12-13,19H,2-3,5,8-9H2,(H,20,22). The molecular weight excluding hydrogens is 330 g/mol. The molecule has 0 bridgehead atoms. The summed E-state index contributed by atoms with van der Waals surface area (Å²) in [4.78, 5) is 28.8. The van der Waals surface area contributed by atoms with Crippen molar-refractivity contribution in [3.63, 3.8) is 0 Å². The van der Waals surface area contributed by atoms with Crippen LogP contribution in [0.4, 0.5) is 4.79 Å². The minimum Gasteiger partial charge on any atom is -0.442 e. The van der Waals surface area contributed by atoms with Crippen LogP contribution in [0.1, 0.15) is 18.4 Å². The summed E-state index contributed by atoms with van der Waals surface area (Å²) in [7, 11) is 0. The third kappa shape index (κ3) is 3.06. The van der Waals surface area contributed by atoms with Crippen molar-refractivity contribution in [1.82, 2.24) is 15.2 Å². The molecule has 1 aromatic heterocycles. The SMILES string of the molecule is O=C(Cc1c[nH]c2ccc(Cl)cc12)NCC1CN(C2CC2)C(=O)O1. The average molecular weight is 348 g/mol. The van der Waals surface area contributed by atoms with Gasteiger partial charge in [0, 0.05) is 28.2 Å². The first-order valence-corrected chi connectivity index (χ1v) is 8.47. The number of cyclic esters (lactones) is 1. The molecule has 1 aromatic carbocycles. The van der Waals surface area contributed by atoms with Gasteiger partial charge < -0.3 is 19.9 Å². The zero-order valence-corrected chi connectivity index (χ0v) is 13.8. The van der Waals surface area contributed by atoms with Crippen molar-refractivity contribution >= 4 is 34.5 Å². The van der Waals surface area contributed by atoms with Gasteiger partial charge in [-0.3, -0.25) is 4.79 Å². The fraction of sp³-hybridized carbons (Fsp3) is 0.412. The number of hydrogen-bond donors (Lipinski definition) is 2. The molecule has 0 radical (unpaired) electrons. The zero-order chi connectivity index (χ0) is 16.7. The Morgan fingerprint density at radius 1 is 1.42 bits per heavy atom. The quantitative estimate of drug-likeness (QED) is 0.872. The first kappa shape index (κ1) is 15.3. The fourth-order valence-corrected chi connectivity index (χ4v) is 3.26. The maximum absolute atomic E-state index is 12.2. The Bertz CT molecular complexity index is 799. The van der Waals surface area contributed by atoms with Gasteiger partial charge in [0.15, 0.2) is 0 Å². The molecular formula is C17H18ClN3O3. The lowest BCUT2D eigenvalue weighted by Crippen LogP contribution is -2.35. The number of H-pyrrole nitrogens is 1. The minimum absolute atomic E-state index is 0.100. The van der Waals surface area contributed by atoms with E-state index in [-0.39, 0.29) is 24.5 Å². The summed E-state index contributed by atoms with van der Waals surface area (Å²) in [5.74, 6) is -0.100. The van der Waals surface area contributed by atoms with E-state index in [2.05, 4.69) is 10.3 Å². The van der Waals surface area contributed by atoms with Gasteiger partial charge in [0.05, 0.1) is 19.5 Å². The van der Waals surface area contributed by atoms with Crippen LogP contribution < -0.4 is 5.32 Å². The van der Waals surface area contributed by atoms with E-state index in [9.17, 15) is 9.59 Å². The largest absolute Gasteiger partial charge is 0.442 e. The van der Waals surface area contributed by atoms with Crippen LogP contribution in [0.2, 0.25) is 5.02 Å². The molecule has 2 fully saturated rings. The highest BCUT2D eigenvalue weighted by atomic mass is 35.5. The van der Waals surface area contributed by atoms with Gasteiger partial charge in [0.1, 0.15) is 6.10 Å². The Morgan fingerprint density at radius 3 is 3.04 bits per heavy atom. The fourth-order valence-electron chi connectivity index (χ4n) is 3.09. The van der Waals surface area contributed by atoms with Gasteiger partial charge in [-0.15, -0.1) is 0 Å². The molecule has 1 aliphatic heterocycles. The minimum atomic E-state index is -0.264. The van der Waals surface area contributed by atoms with Crippen molar-refractivity contribution in [2.45, 2.75) is 31.4 Å². The second-order valence-corrected chi connectivity index (χ2v) is 6.81. The first-order chi connectivity index (χ1) is 11.6. The molecule has 1 atom stereocenters. The van der Waals surface area contributed by atoms with Gasteiger partial charge in [-0.1, -0.05) is 11.6 Å². The number of amides is 2. The highest BCUT2D eigenvalue weighted by Crippen LogP contribution is 2.30. The molecule has 2 aliphatic rings. The molecule has 7 heteroatoms. The predicted molar refractivity (Wildman–Crippen MR) is 90.0 cm³/mol. The second-order valence-electron chi connectivity index (χ2n) is 6.37. The molecule has 4 rings (SSSR count). The van der Waals surface area contributed by atoms with Crippen LogP contribution in [0.5, 0.6) is 0 Å². The van der Waals surface area contributed by atoms with E-state index in [1.165, 1.54) is 0 Å². The number of benzene rings is 1. The van der Waals surface area contributed by atoms with Gasteiger partial charge in [-0.2, -0.15) is 0 Å². The van der Waals surface area contributed by atoms with E-state index >= 15 is 0 Å². The number of nitrogens with zero attached hydrogens (tertiary/aromatic N) is 1. The summed E-state index contributed by atoms with van der Waals surface area (Å²) >= 11 is 6.02. The summed E-state index contributed by atoms with van der Waals surface area (Å²) in [6.07, 6.45) is 3.66. The maximum atomic E-state index is 12.2. The van der Waals surface area contributed by atoms with Crippen molar-refractivity contribution in [3.8, 4) is 0 Å². The molecule has 0 spiro atoms. The number of aromatic amines is 1. The van der Waals surface area contributed by atoms with Gasteiger partial charge in [-0.25, -0.2) is 4.79 Å². The second kappa shape index (κ2) is 6.02. The number of carbonyl (C=O) groups excluding carboxylic acids is 2. The van der Waals surface area contributed by atoms with Crippen LogP contribution in [-0.2, 0) is 16.0 Å². The first-order valence-electron chi connectivity index (χ1n) is 8.09. The van der Waals surface area contributed by atoms with Gasteiger partial charge >= 0.3 is 6.09 Å². The summed E-state index contributed by atoms with van der Waals surface area (Å²) in [5.41, 5.74) is 1.85. The van der Waals surface area contributed by atoms with E-state index in [4.69, 9.17) is 16.3 Å². The molecule has 2 heterocycles. The molecule has 126 valence electrons. The number of rotatable bonds is 5. The van der Waals surface area contributed by atoms with Crippen LogP contribution in [0.15, 0.2) is 24.4 Å². The smallest absolute Gasteiger partial charge is 0.410 e. The van der Waals surface area contributed by atoms with Crippen LogP contribution in [-0.4, -0.2) is 47.1 Å². The number of hydrogen-bond acceptors (Lipinski definition) is 3. The van der Waals surface area contributed by atoms with Crippen molar-refractivity contribution in [2.24, 2.45) is 0 Å². The zero-order valence-electron chi connectivity index (χ0n) is 13.0. The topological polar surface area (TPSA) is 74.4 Å². The average Bonchev–Trinajstić information content (AvgIpc) is 3.23. The molecule has 2 aromatic rings. The highest BCUT2D eigenvalue weighted by molar-refractivity contribution is 6.31. The summed E-state index contributed by atoms with van der Waals surface area (Å²) in [6.45, 7) is 0.906. The van der Waals surface area contributed by atoms with Gasteiger partial charge in [0.2, 0.25) is 5.91 Å². The van der Waals surface area contributed by atoms with E-state index in [1.807, 2.05) is 24.4 Å². The molecule has 2 amide bonds. The number of halogens is 1. The lowest BCUT2D eigenvalue weighted by Gasteiger charge is -2.11. The molecule has 6 nitrogen and oxygen atoms in total. The predicted octanol–water partition coefficient (Wildman–Crippen LogP) is 2.46. The van der Waals surface area contributed by atoms with E-state index < -0.39 is 0 Å². The number of carbonyl (C=O) groups is 2. The van der Waals surface area contributed by atoms with Crippen LogP contribution in [0.3, 0.4) is 0 Å². The highest BCUT2D eigenvalue weighted by Gasteiger charge is 2.40. The van der Waals surface area contributed by atoms with Gasteiger partial charge in [-0.05, 0) is 36.6 Å². The lowest BCUT2D eigenvalue weighted by atomic mass is 10.1. The van der Waals surface area contributed by atoms with Crippen molar-refractivity contribution < 1.29 is 14.3 Å². The Kier molecular flexibility index (Phi) is 3.84. The Morgan fingerprint density at radius 2 is 2.25 bits per heavy atom. The molecule has 24 heavy (non-hydrogen) atoms. The van der Waals surface area contributed by atoms with Gasteiger partial charge in [0.25, 0.3) is 0 Å². The molecule has 2 N–H and O–H groups in total. The monoisotopic (exact) mass is 347 g/mol. The summed E-state index contributed by atoms with van der Waals surface area (Å²) < 4.78 is 5.30. The number of nitrogens with one attached hydrogen (secondary N) is 2. The maximum Gasteiger partial charge on any atom is 0.410 e. The number of fused-ring (bicyclic) bond motifs is 1. The van der Waals surface area contributed by atoms with Crippen LogP contribution in [0.25, 0.3) is 10.9 Å². The Labute approximate surface area is 144 Å². The Balaban J connectivity index is 1.33. The van der Waals surface area contributed by atoms with Crippen molar-refractivity contribution in [2.75, 3.05) is 13.1 Å². The van der Waals surface area contributed by atoms with E-state index in [0.717, 1.165) is 29.3 Å². The van der Waals surface area contributed by atoms with Crippen LogP contribution in [0, 0.1) is 0 Å². The molecule has 1 saturated carbocycles. The molecule has 1 saturated heterocycles. The number of aromatic nitrogens is 1. The normalized spacial score (nSPS) is 20.5. The van der Waals surface area contributed by atoms with E-state index in [0.29, 0.717) is 24.2 Å². The van der Waals surface area contributed by atoms with Crippen molar-refractivity contribution in [3.05, 3.63) is 35.0 Å². The van der Waals surface area contributed by atoms with E-state index in [1.54, 1.807) is 4.90 Å². The van der Waals surface area contributed by atoms with Crippen LogP contribution >= 0.6 is 11.6 Å².